The van der Waals surface area contributed by atoms with Gasteiger partial charge in [-0.1, -0.05) is 26.8 Å². The van der Waals surface area contributed by atoms with Crippen LogP contribution in [0.25, 0.3) is 5.57 Å². The van der Waals surface area contributed by atoms with Crippen LogP contribution in [-0.2, 0) is 4.79 Å². The number of Topliss-reactive ketones (excluding diaryl/α,β-unsaturated/α-hetero) is 1. The van der Waals surface area contributed by atoms with Gasteiger partial charge in [-0.25, -0.2) is 9.97 Å². The van der Waals surface area contributed by atoms with E-state index in [0.29, 0.717) is 17.9 Å². The molecule has 0 radical (unpaired) electrons. The molecule has 2 unspecified atom stereocenters. The molecule has 4 rings (SSSR count). The van der Waals surface area contributed by atoms with Crippen LogP contribution in [0.4, 0.5) is 5.95 Å². The maximum Gasteiger partial charge on any atom is 0.225 e. The van der Waals surface area contributed by atoms with Crippen LogP contribution >= 0.6 is 0 Å². The molecule has 3 aliphatic rings. The van der Waals surface area contributed by atoms with Crippen molar-refractivity contribution in [3.8, 4) is 0 Å². The standard InChI is InChI=1S/C22H32N4O/c1-4-25-13-19-9-10-20(14-25)26(19)22-23-11-18(12-24-22)16-5-7-17(8-6-16)21(27)15(2)3/h5,11-12,15,17,19-20H,4,6-10,13-14H2,1-3H3/t17-,19?,20?/m1/s1. The zero-order valence-corrected chi connectivity index (χ0v) is 16.9. The van der Waals surface area contributed by atoms with E-state index in [1.807, 2.05) is 26.2 Å². The first-order valence-corrected chi connectivity index (χ1v) is 10.6. The zero-order valence-electron chi connectivity index (χ0n) is 16.9. The summed E-state index contributed by atoms with van der Waals surface area (Å²) in [6.45, 7) is 9.65. The Balaban J connectivity index is 1.44. The van der Waals surface area contributed by atoms with Crippen LogP contribution in [0.15, 0.2) is 18.5 Å². The minimum Gasteiger partial charge on any atom is -0.332 e. The number of allylic oxidation sites excluding steroid dienone is 2. The lowest BCUT2D eigenvalue weighted by Crippen LogP contribution is -2.54. The second kappa shape index (κ2) is 7.70. The highest BCUT2D eigenvalue weighted by Crippen LogP contribution is 2.34. The minimum absolute atomic E-state index is 0.135. The van der Waals surface area contributed by atoms with Crippen molar-refractivity contribution < 1.29 is 4.79 Å². The van der Waals surface area contributed by atoms with Crippen molar-refractivity contribution in [2.45, 2.75) is 65.0 Å². The fourth-order valence-electron chi connectivity index (χ4n) is 5.02. The number of nitrogens with zero attached hydrogens (tertiary/aromatic N) is 4. The molecule has 1 aromatic heterocycles. The Morgan fingerprint density at radius 1 is 1.15 bits per heavy atom. The van der Waals surface area contributed by atoms with Crippen LogP contribution in [-0.4, -0.2) is 52.4 Å². The van der Waals surface area contributed by atoms with Crippen LogP contribution in [0.5, 0.6) is 0 Å². The van der Waals surface area contributed by atoms with E-state index in [9.17, 15) is 4.79 Å². The zero-order chi connectivity index (χ0) is 19.0. The lowest BCUT2D eigenvalue weighted by Gasteiger charge is -2.40. The van der Waals surface area contributed by atoms with Crippen molar-refractivity contribution >= 4 is 17.3 Å². The normalized spacial score (nSPS) is 28.5. The van der Waals surface area contributed by atoms with Gasteiger partial charge in [-0.2, -0.15) is 0 Å². The van der Waals surface area contributed by atoms with Crippen molar-refractivity contribution in [1.29, 1.82) is 0 Å². The van der Waals surface area contributed by atoms with Gasteiger partial charge >= 0.3 is 0 Å². The monoisotopic (exact) mass is 368 g/mol. The lowest BCUT2D eigenvalue weighted by atomic mass is 9.82. The van der Waals surface area contributed by atoms with E-state index in [2.05, 4.69) is 22.8 Å². The fourth-order valence-corrected chi connectivity index (χ4v) is 5.02. The number of ketones is 1. The number of carbonyl (C=O) groups excluding carboxylic acids is 1. The Labute approximate surface area is 162 Å². The number of piperazine rings is 1. The van der Waals surface area contributed by atoms with Gasteiger partial charge in [0, 0.05) is 55.0 Å². The van der Waals surface area contributed by atoms with Gasteiger partial charge in [0.1, 0.15) is 5.78 Å². The van der Waals surface area contributed by atoms with E-state index >= 15 is 0 Å². The number of hydrogen-bond donors (Lipinski definition) is 0. The van der Waals surface area contributed by atoms with Crippen LogP contribution in [0.3, 0.4) is 0 Å². The van der Waals surface area contributed by atoms with E-state index in [1.54, 1.807) is 0 Å². The molecule has 0 N–H and O–H groups in total. The number of hydrogen-bond acceptors (Lipinski definition) is 5. The van der Waals surface area contributed by atoms with Gasteiger partial charge in [0.05, 0.1) is 0 Å². The Morgan fingerprint density at radius 3 is 2.33 bits per heavy atom. The van der Waals surface area contributed by atoms with Gasteiger partial charge in [0.25, 0.3) is 0 Å². The van der Waals surface area contributed by atoms with Gasteiger partial charge in [-0.15, -0.1) is 0 Å². The van der Waals surface area contributed by atoms with Crippen molar-refractivity contribution in [1.82, 2.24) is 14.9 Å². The van der Waals surface area contributed by atoms with Crippen LogP contribution < -0.4 is 4.90 Å². The molecule has 1 aromatic rings. The quantitative estimate of drug-likeness (QED) is 0.795. The lowest BCUT2D eigenvalue weighted by molar-refractivity contribution is -0.126. The molecular weight excluding hydrogens is 336 g/mol. The third kappa shape index (κ3) is 3.66. The molecule has 0 amide bonds. The second-order valence-corrected chi connectivity index (χ2v) is 8.67. The van der Waals surface area contributed by atoms with Gasteiger partial charge in [0.2, 0.25) is 5.95 Å². The minimum atomic E-state index is 0.135. The Hall–Kier alpha value is -1.75. The molecule has 0 spiro atoms. The first-order valence-electron chi connectivity index (χ1n) is 10.6. The highest BCUT2D eigenvalue weighted by molar-refractivity contribution is 5.84. The predicted molar refractivity (Wildman–Crippen MR) is 109 cm³/mol. The third-order valence-corrected chi connectivity index (χ3v) is 6.63. The molecule has 27 heavy (non-hydrogen) atoms. The van der Waals surface area contributed by atoms with Crippen molar-refractivity contribution in [2.24, 2.45) is 11.8 Å². The molecule has 2 bridgehead atoms. The number of likely N-dealkylation sites (tertiary alicyclic amines) is 1. The first kappa shape index (κ1) is 18.6. The third-order valence-electron chi connectivity index (χ3n) is 6.63. The molecule has 146 valence electrons. The first-order chi connectivity index (χ1) is 13.1. The number of anilines is 1. The number of fused-ring (bicyclic) bond motifs is 2. The summed E-state index contributed by atoms with van der Waals surface area (Å²) in [7, 11) is 0. The van der Waals surface area contributed by atoms with Gasteiger partial charge in [-0.3, -0.25) is 9.69 Å². The maximum atomic E-state index is 12.2. The number of aromatic nitrogens is 2. The summed E-state index contributed by atoms with van der Waals surface area (Å²) in [5, 5.41) is 0. The molecular formula is C22H32N4O. The summed E-state index contributed by atoms with van der Waals surface area (Å²) in [6, 6.07) is 1.12. The largest absolute Gasteiger partial charge is 0.332 e. The molecule has 2 fully saturated rings. The Morgan fingerprint density at radius 2 is 1.81 bits per heavy atom. The van der Waals surface area contributed by atoms with Crippen molar-refractivity contribution in [3.05, 3.63) is 24.0 Å². The fraction of sp³-hybridized carbons (Fsp3) is 0.682. The summed E-state index contributed by atoms with van der Waals surface area (Å²) in [6.07, 6.45) is 11.5. The molecule has 2 saturated heterocycles. The Bertz CT molecular complexity index is 698. The Kier molecular flexibility index (Phi) is 5.31. The molecule has 5 heteroatoms. The van der Waals surface area contributed by atoms with Gasteiger partial charge in [-0.05, 0) is 44.2 Å². The molecule has 0 aromatic carbocycles. The van der Waals surface area contributed by atoms with E-state index in [0.717, 1.165) is 50.4 Å². The van der Waals surface area contributed by atoms with Crippen LogP contribution in [0.2, 0.25) is 0 Å². The van der Waals surface area contributed by atoms with E-state index < -0.39 is 0 Å². The molecule has 2 aliphatic heterocycles. The van der Waals surface area contributed by atoms with Crippen molar-refractivity contribution in [2.75, 3.05) is 24.5 Å². The van der Waals surface area contributed by atoms with Crippen molar-refractivity contribution in [3.63, 3.8) is 0 Å². The summed E-state index contributed by atoms with van der Waals surface area (Å²) < 4.78 is 0. The molecule has 0 saturated carbocycles. The highest BCUT2D eigenvalue weighted by Gasteiger charge is 2.40. The number of likely N-dealkylation sites (N-methyl/N-ethyl adjacent to an activating group) is 1. The SMILES string of the molecule is CCN1CC2CCC(C1)N2c1ncc(C2=CC[C@@H](C(=O)C(C)C)CC2)cn1. The van der Waals surface area contributed by atoms with E-state index in [-0.39, 0.29) is 11.8 Å². The van der Waals surface area contributed by atoms with Crippen LogP contribution in [0.1, 0.15) is 58.4 Å². The highest BCUT2D eigenvalue weighted by atomic mass is 16.1. The molecule has 3 atom stereocenters. The predicted octanol–water partition coefficient (Wildman–Crippen LogP) is 3.56. The average molecular weight is 369 g/mol. The second-order valence-electron chi connectivity index (χ2n) is 8.67. The summed E-state index contributed by atoms with van der Waals surface area (Å²) in [5.74, 6) is 1.63. The summed E-state index contributed by atoms with van der Waals surface area (Å²) in [5.41, 5.74) is 2.42. The maximum absolute atomic E-state index is 12.2. The summed E-state index contributed by atoms with van der Waals surface area (Å²) in [4.78, 5) is 26.7. The number of rotatable bonds is 5. The average Bonchev–Trinajstić information content (AvgIpc) is 2.97. The van der Waals surface area contributed by atoms with Gasteiger partial charge in [0.15, 0.2) is 0 Å². The number of carbonyl (C=O) groups is 1. The molecule has 5 nitrogen and oxygen atoms in total. The smallest absolute Gasteiger partial charge is 0.225 e. The molecule has 3 heterocycles. The topological polar surface area (TPSA) is 49.3 Å². The van der Waals surface area contributed by atoms with E-state index in [1.165, 1.54) is 18.4 Å². The van der Waals surface area contributed by atoms with Gasteiger partial charge < -0.3 is 4.90 Å². The summed E-state index contributed by atoms with van der Waals surface area (Å²) >= 11 is 0. The molecule has 1 aliphatic carbocycles. The van der Waals surface area contributed by atoms with Crippen LogP contribution in [0, 0.1) is 11.8 Å². The van der Waals surface area contributed by atoms with E-state index in [4.69, 9.17) is 9.97 Å².